The van der Waals surface area contributed by atoms with Crippen LogP contribution in [0.25, 0.3) is 0 Å². The molecular formula is C19H27NO6. The summed E-state index contributed by atoms with van der Waals surface area (Å²) in [7, 11) is 0. The molecule has 1 aliphatic rings. The zero-order valence-corrected chi connectivity index (χ0v) is 15.2. The van der Waals surface area contributed by atoms with Crippen molar-refractivity contribution in [3.05, 3.63) is 42.2 Å². The maximum Gasteiger partial charge on any atom is 0.330 e. The zero-order valence-electron chi connectivity index (χ0n) is 15.2. The second-order valence-corrected chi connectivity index (χ2v) is 6.48. The fraction of sp³-hybridized carbons (Fsp3) is 0.579. The van der Waals surface area contributed by atoms with Gasteiger partial charge in [0.25, 0.3) is 0 Å². The Balaban J connectivity index is 1.63. The molecular weight excluding hydrogens is 338 g/mol. The van der Waals surface area contributed by atoms with E-state index in [1.54, 1.807) is 31.5 Å². The fourth-order valence-electron chi connectivity index (χ4n) is 2.56. The highest BCUT2D eigenvalue weighted by Crippen LogP contribution is 2.22. The van der Waals surface area contributed by atoms with Crippen LogP contribution in [0.4, 0.5) is 0 Å². The summed E-state index contributed by atoms with van der Waals surface area (Å²) in [5.74, 6) is -0.406. The lowest BCUT2D eigenvalue weighted by Gasteiger charge is -2.36. The van der Waals surface area contributed by atoms with Crippen LogP contribution in [0, 0.1) is 0 Å². The van der Waals surface area contributed by atoms with Crippen LogP contribution >= 0.6 is 0 Å². The maximum absolute atomic E-state index is 11.7. The first-order valence-corrected chi connectivity index (χ1v) is 8.85. The van der Waals surface area contributed by atoms with E-state index in [1.165, 1.54) is 6.08 Å². The van der Waals surface area contributed by atoms with Gasteiger partial charge in [0.2, 0.25) is 0 Å². The summed E-state index contributed by atoms with van der Waals surface area (Å²) in [5.41, 5.74) is 0.835. The van der Waals surface area contributed by atoms with E-state index in [0.29, 0.717) is 12.8 Å². The maximum atomic E-state index is 11.7. The van der Waals surface area contributed by atoms with Crippen molar-refractivity contribution >= 4 is 5.97 Å². The third-order valence-corrected chi connectivity index (χ3v) is 4.15. The molecule has 2 N–H and O–H groups in total. The summed E-state index contributed by atoms with van der Waals surface area (Å²) in [4.78, 5) is 15.6. The van der Waals surface area contributed by atoms with E-state index in [4.69, 9.17) is 14.2 Å². The van der Waals surface area contributed by atoms with Gasteiger partial charge in [-0.1, -0.05) is 12.1 Å². The molecule has 26 heavy (non-hydrogen) atoms. The van der Waals surface area contributed by atoms with Gasteiger partial charge in [0, 0.05) is 30.5 Å². The molecule has 1 fully saturated rings. The summed E-state index contributed by atoms with van der Waals surface area (Å²) in [5, 5.41) is 19.6. The Bertz CT molecular complexity index is 579. The second kappa shape index (κ2) is 10.4. The first-order valence-electron chi connectivity index (χ1n) is 8.85. The Hall–Kier alpha value is -1.80. The largest absolute Gasteiger partial charge is 0.458 e. The molecule has 7 heteroatoms. The Morgan fingerprint density at radius 3 is 3.00 bits per heavy atom. The number of rotatable bonds is 8. The summed E-state index contributed by atoms with van der Waals surface area (Å²) in [6.45, 7) is 3.81. The molecule has 0 amide bonds. The fourth-order valence-corrected chi connectivity index (χ4v) is 2.56. The minimum Gasteiger partial charge on any atom is -0.458 e. The van der Waals surface area contributed by atoms with E-state index < -0.39 is 24.5 Å². The number of pyridine rings is 1. The van der Waals surface area contributed by atoms with E-state index in [-0.39, 0.29) is 25.2 Å². The highest BCUT2D eigenvalue weighted by Gasteiger charge is 2.35. The van der Waals surface area contributed by atoms with Crippen LogP contribution < -0.4 is 0 Å². The van der Waals surface area contributed by atoms with Crippen LogP contribution in [0.3, 0.4) is 0 Å². The van der Waals surface area contributed by atoms with E-state index in [1.807, 2.05) is 13.0 Å². The van der Waals surface area contributed by atoms with Crippen molar-refractivity contribution in [2.24, 2.45) is 0 Å². The van der Waals surface area contributed by atoms with Crippen molar-refractivity contribution in [2.45, 2.75) is 70.4 Å². The number of aliphatic hydroxyl groups excluding tert-OH is 2. The van der Waals surface area contributed by atoms with Crippen LogP contribution in [0.2, 0.25) is 0 Å². The monoisotopic (exact) mass is 365 g/mol. The molecule has 0 radical (unpaired) electrons. The summed E-state index contributed by atoms with van der Waals surface area (Å²) in [6.07, 6.45) is 5.18. The van der Waals surface area contributed by atoms with Crippen molar-refractivity contribution in [1.82, 2.24) is 4.98 Å². The molecule has 2 unspecified atom stereocenters. The van der Waals surface area contributed by atoms with Gasteiger partial charge in [-0.15, -0.1) is 0 Å². The standard InChI is InChI=1S/C19H27NO6/c1-13(25-19-17(22)10-16(21)14(2)26-19)6-3-4-8-18(23)24-12-15-7-5-9-20-11-15/h4-5,7-9,11,13-14,16-17,19,21-22H,3,6,10,12H2,1-2H3/b8-4+/t13-,14+,16?,17-,19?/m1/s1. The Morgan fingerprint density at radius 2 is 2.27 bits per heavy atom. The van der Waals surface area contributed by atoms with E-state index >= 15 is 0 Å². The molecule has 0 aromatic carbocycles. The number of nitrogens with zero attached hydrogens (tertiary/aromatic N) is 1. The van der Waals surface area contributed by atoms with Crippen molar-refractivity contribution in [2.75, 3.05) is 0 Å². The van der Waals surface area contributed by atoms with E-state index in [2.05, 4.69) is 4.98 Å². The molecule has 1 aliphatic heterocycles. The highest BCUT2D eigenvalue weighted by molar-refractivity contribution is 5.81. The third-order valence-electron chi connectivity index (χ3n) is 4.15. The number of aliphatic hydroxyl groups is 2. The predicted molar refractivity (Wildman–Crippen MR) is 93.9 cm³/mol. The number of ether oxygens (including phenoxy) is 3. The molecule has 1 aromatic rings. The average molecular weight is 365 g/mol. The summed E-state index contributed by atoms with van der Waals surface area (Å²) >= 11 is 0. The number of hydrogen-bond donors (Lipinski definition) is 2. The van der Waals surface area contributed by atoms with Crippen LogP contribution in [-0.2, 0) is 25.6 Å². The van der Waals surface area contributed by atoms with Gasteiger partial charge >= 0.3 is 5.97 Å². The van der Waals surface area contributed by atoms with Crippen LogP contribution in [0.5, 0.6) is 0 Å². The normalized spacial score (nSPS) is 27.4. The smallest absolute Gasteiger partial charge is 0.330 e. The number of esters is 1. The summed E-state index contributed by atoms with van der Waals surface area (Å²) in [6, 6.07) is 3.62. The molecule has 1 aromatic heterocycles. The molecule has 0 bridgehead atoms. The lowest BCUT2D eigenvalue weighted by atomic mass is 10.0. The van der Waals surface area contributed by atoms with Gasteiger partial charge in [-0.3, -0.25) is 4.98 Å². The summed E-state index contributed by atoms with van der Waals surface area (Å²) < 4.78 is 16.3. The lowest BCUT2D eigenvalue weighted by Crippen LogP contribution is -2.48. The van der Waals surface area contributed by atoms with Crippen molar-refractivity contribution in [1.29, 1.82) is 0 Å². The van der Waals surface area contributed by atoms with Crippen LogP contribution in [0.15, 0.2) is 36.7 Å². The van der Waals surface area contributed by atoms with Gasteiger partial charge in [0.05, 0.1) is 18.3 Å². The third kappa shape index (κ3) is 6.84. The number of hydrogen-bond acceptors (Lipinski definition) is 7. The van der Waals surface area contributed by atoms with Gasteiger partial charge in [-0.05, 0) is 32.8 Å². The van der Waals surface area contributed by atoms with Gasteiger partial charge in [-0.2, -0.15) is 0 Å². The van der Waals surface area contributed by atoms with Crippen LogP contribution in [0.1, 0.15) is 38.7 Å². The van der Waals surface area contributed by atoms with E-state index in [0.717, 1.165) is 5.56 Å². The lowest BCUT2D eigenvalue weighted by molar-refractivity contribution is -0.273. The van der Waals surface area contributed by atoms with Gasteiger partial charge in [-0.25, -0.2) is 4.79 Å². The molecule has 5 atom stereocenters. The molecule has 1 saturated heterocycles. The molecule has 2 heterocycles. The van der Waals surface area contributed by atoms with Crippen molar-refractivity contribution in [3.8, 4) is 0 Å². The number of carbonyl (C=O) groups is 1. The number of carbonyl (C=O) groups excluding carboxylic acids is 1. The average Bonchev–Trinajstić information content (AvgIpc) is 2.62. The topological polar surface area (TPSA) is 98.1 Å². The van der Waals surface area contributed by atoms with Crippen molar-refractivity contribution in [3.63, 3.8) is 0 Å². The minimum atomic E-state index is -0.846. The Labute approximate surface area is 153 Å². The number of allylic oxidation sites excluding steroid dienone is 1. The quantitative estimate of drug-likeness (QED) is 0.535. The van der Waals surface area contributed by atoms with Crippen LogP contribution in [-0.4, -0.2) is 51.9 Å². The molecule has 0 saturated carbocycles. The Morgan fingerprint density at radius 1 is 1.46 bits per heavy atom. The Kier molecular flexibility index (Phi) is 8.18. The first-order chi connectivity index (χ1) is 12.5. The predicted octanol–water partition coefficient (Wildman–Crippen LogP) is 1.72. The highest BCUT2D eigenvalue weighted by atomic mass is 16.7. The van der Waals surface area contributed by atoms with Gasteiger partial charge < -0.3 is 24.4 Å². The van der Waals surface area contributed by atoms with Gasteiger partial charge in [0.15, 0.2) is 6.29 Å². The molecule has 0 spiro atoms. The number of aromatic nitrogens is 1. The first kappa shape index (κ1) is 20.5. The molecule has 144 valence electrons. The SMILES string of the molecule is C[C@H](CC/C=C/C(=O)OCc1cccnc1)OC1O[C@@H](C)C(O)C[C@H]1O. The van der Waals surface area contributed by atoms with E-state index in [9.17, 15) is 15.0 Å². The second-order valence-electron chi connectivity index (χ2n) is 6.48. The van der Waals surface area contributed by atoms with Crippen molar-refractivity contribution < 1.29 is 29.2 Å². The van der Waals surface area contributed by atoms with Gasteiger partial charge in [0.1, 0.15) is 12.7 Å². The molecule has 2 rings (SSSR count). The zero-order chi connectivity index (χ0) is 18.9. The molecule has 0 aliphatic carbocycles. The minimum absolute atomic E-state index is 0.159. The molecule has 7 nitrogen and oxygen atoms in total.